The quantitative estimate of drug-likeness (QED) is 0.778. The van der Waals surface area contributed by atoms with E-state index >= 15 is 0 Å². The highest BCUT2D eigenvalue weighted by Crippen LogP contribution is 2.29. The number of hydrogen-bond donors (Lipinski definition) is 1. The van der Waals surface area contributed by atoms with Crippen LogP contribution >= 0.6 is 0 Å². The van der Waals surface area contributed by atoms with E-state index in [1.165, 1.54) is 0 Å². The summed E-state index contributed by atoms with van der Waals surface area (Å²) in [7, 11) is 2.13. The van der Waals surface area contributed by atoms with Crippen LogP contribution in [0, 0.1) is 11.8 Å². The van der Waals surface area contributed by atoms with Gasteiger partial charge in [0.05, 0.1) is 0 Å². The summed E-state index contributed by atoms with van der Waals surface area (Å²) in [4.78, 5) is 13.1. The lowest BCUT2D eigenvalue weighted by molar-refractivity contribution is -0.139. The molecule has 88 valence electrons. The average molecular weight is 213 g/mol. The van der Waals surface area contributed by atoms with Gasteiger partial charge in [0.15, 0.2) is 0 Å². The summed E-state index contributed by atoms with van der Waals surface area (Å²) in [6, 6.07) is 0.467. The summed E-state index contributed by atoms with van der Waals surface area (Å²) < 4.78 is 0. The molecule has 1 rings (SSSR count). The lowest BCUT2D eigenvalue weighted by atomic mass is 9.82. The van der Waals surface area contributed by atoms with E-state index in [4.69, 9.17) is 5.11 Å². The van der Waals surface area contributed by atoms with E-state index in [0.717, 1.165) is 25.8 Å². The molecule has 1 saturated heterocycles. The topological polar surface area (TPSA) is 40.5 Å². The summed E-state index contributed by atoms with van der Waals surface area (Å²) in [5.74, 6) is 0.347. The molecule has 0 aliphatic carbocycles. The number of aliphatic carboxylic acids is 1. The molecule has 0 aromatic carbocycles. The van der Waals surface area contributed by atoms with Gasteiger partial charge in [-0.15, -0.1) is 0 Å². The van der Waals surface area contributed by atoms with E-state index in [1.54, 1.807) is 0 Å². The van der Waals surface area contributed by atoms with Crippen LogP contribution in [0.2, 0.25) is 0 Å². The molecule has 0 aromatic rings. The van der Waals surface area contributed by atoms with Gasteiger partial charge in [0.25, 0.3) is 0 Å². The van der Waals surface area contributed by atoms with E-state index in [9.17, 15) is 4.79 Å². The van der Waals surface area contributed by atoms with Crippen molar-refractivity contribution < 1.29 is 9.90 Å². The number of hydrogen-bond acceptors (Lipinski definition) is 2. The first kappa shape index (κ1) is 12.5. The second-order valence-corrected chi connectivity index (χ2v) is 5.18. The Labute approximate surface area is 92.5 Å². The second kappa shape index (κ2) is 5.50. The Bertz CT molecular complexity index is 216. The third-order valence-corrected chi connectivity index (χ3v) is 3.35. The maximum atomic E-state index is 10.8. The van der Waals surface area contributed by atoms with Crippen LogP contribution in [0.1, 0.15) is 39.5 Å². The van der Waals surface area contributed by atoms with Crippen LogP contribution in [-0.4, -0.2) is 35.6 Å². The fourth-order valence-corrected chi connectivity index (χ4v) is 2.64. The summed E-state index contributed by atoms with van der Waals surface area (Å²) in [6.45, 7) is 5.54. The summed E-state index contributed by atoms with van der Waals surface area (Å²) in [5.41, 5.74) is 0. The first-order valence-electron chi connectivity index (χ1n) is 5.92. The average Bonchev–Trinajstić information content (AvgIpc) is 2.09. The van der Waals surface area contributed by atoms with Gasteiger partial charge in [-0.1, -0.05) is 13.8 Å². The Morgan fingerprint density at radius 1 is 1.53 bits per heavy atom. The Morgan fingerprint density at radius 2 is 2.20 bits per heavy atom. The molecule has 3 heteroatoms. The fraction of sp³-hybridized carbons (Fsp3) is 0.917. The zero-order valence-electron chi connectivity index (χ0n) is 10.1. The van der Waals surface area contributed by atoms with Gasteiger partial charge in [-0.2, -0.15) is 0 Å². The van der Waals surface area contributed by atoms with Crippen molar-refractivity contribution in [1.29, 1.82) is 0 Å². The number of nitrogens with zero attached hydrogens (tertiary/aromatic N) is 1. The number of rotatable bonds is 4. The highest BCUT2D eigenvalue weighted by Gasteiger charge is 2.30. The fourth-order valence-electron chi connectivity index (χ4n) is 2.64. The predicted octanol–water partition coefficient (Wildman–Crippen LogP) is 2.22. The molecule has 1 aliphatic heterocycles. The molecule has 3 nitrogen and oxygen atoms in total. The molecule has 15 heavy (non-hydrogen) atoms. The van der Waals surface area contributed by atoms with E-state index in [1.807, 2.05) is 0 Å². The van der Waals surface area contributed by atoms with Crippen LogP contribution in [-0.2, 0) is 4.79 Å². The number of carboxylic acid groups (broad SMARTS) is 1. The minimum Gasteiger partial charge on any atom is -0.481 e. The van der Waals surface area contributed by atoms with E-state index in [-0.39, 0.29) is 0 Å². The molecule has 1 fully saturated rings. The van der Waals surface area contributed by atoms with Crippen molar-refractivity contribution in [3.8, 4) is 0 Å². The Kier molecular flexibility index (Phi) is 4.58. The van der Waals surface area contributed by atoms with Gasteiger partial charge < -0.3 is 10.0 Å². The third kappa shape index (κ3) is 3.82. The Balaban J connectivity index is 2.59. The summed E-state index contributed by atoms with van der Waals surface area (Å²) >= 11 is 0. The van der Waals surface area contributed by atoms with Crippen molar-refractivity contribution in [2.75, 3.05) is 13.6 Å². The first-order chi connectivity index (χ1) is 7.00. The van der Waals surface area contributed by atoms with Gasteiger partial charge >= 0.3 is 5.97 Å². The SMILES string of the molecule is CC(C)CC1C(CC(=O)O)CCCN1C. The minimum absolute atomic E-state index is 0.335. The first-order valence-corrected chi connectivity index (χ1v) is 5.92. The molecule has 0 saturated carbocycles. The number of likely N-dealkylation sites (tertiary alicyclic amines) is 1. The maximum absolute atomic E-state index is 10.8. The van der Waals surface area contributed by atoms with Crippen LogP contribution in [0.25, 0.3) is 0 Å². The van der Waals surface area contributed by atoms with Gasteiger partial charge in [0, 0.05) is 12.5 Å². The van der Waals surface area contributed by atoms with Crippen LogP contribution in [0.5, 0.6) is 0 Å². The molecule has 2 unspecified atom stereocenters. The smallest absolute Gasteiger partial charge is 0.303 e. The van der Waals surface area contributed by atoms with Gasteiger partial charge in [-0.05, 0) is 44.7 Å². The standard InChI is InChI=1S/C12H23NO2/c1-9(2)7-11-10(8-12(14)15)5-4-6-13(11)3/h9-11H,4-8H2,1-3H3,(H,14,15). The summed E-state index contributed by atoms with van der Waals surface area (Å²) in [5, 5.41) is 8.89. The van der Waals surface area contributed by atoms with E-state index in [0.29, 0.717) is 24.3 Å². The molecular weight excluding hydrogens is 190 g/mol. The van der Waals surface area contributed by atoms with Gasteiger partial charge in [-0.25, -0.2) is 0 Å². The highest BCUT2D eigenvalue weighted by atomic mass is 16.4. The molecular formula is C12H23NO2. The van der Waals surface area contributed by atoms with Crippen LogP contribution < -0.4 is 0 Å². The largest absolute Gasteiger partial charge is 0.481 e. The monoisotopic (exact) mass is 213 g/mol. The van der Waals surface area contributed by atoms with Crippen LogP contribution in [0.4, 0.5) is 0 Å². The van der Waals surface area contributed by atoms with E-state index in [2.05, 4.69) is 25.8 Å². The van der Waals surface area contributed by atoms with Crippen molar-refractivity contribution in [3.05, 3.63) is 0 Å². The molecule has 0 bridgehead atoms. The lowest BCUT2D eigenvalue weighted by Crippen LogP contribution is -2.44. The van der Waals surface area contributed by atoms with Gasteiger partial charge in [0.1, 0.15) is 0 Å². The second-order valence-electron chi connectivity index (χ2n) is 5.18. The molecule has 1 heterocycles. The van der Waals surface area contributed by atoms with Crippen molar-refractivity contribution in [2.45, 2.75) is 45.6 Å². The molecule has 1 N–H and O–H groups in total. The molecule has 0 spiro atoms. The van der Waals surface area contributed by atoms with Crippen molar-refractivity contribution >= 4 is 5.97 Å². The molecule has 0 radical (unpaired) electrons. The predicted molar refractivity (Wildman–Crippen MR) is 60.8 cm³/mol. The molecule has 1 aliphatic rings. The molecule has 0 amide bonds. The van der Waals surface area contributed by atoms with Crippen molar-refractivity contribution in [2.24, 2.45) is 11.8 Å². The van der Waals surface area contributed by atoms with E-state index < -0.39 is 5.97 Å². The number of carboxylic acids is 1. The Morgan fingerprint density at radius 3 is 2.73 bits per heavy atom. The molecule has 0 aromatic heterocycles. The van der Waals surface area contributed by atoms with Crippen LogP contribution in [0.15, 0.2) is 0 Å². The minimum atomic E-state index is -0.649. The highest BCUT2D eigenvalue weighted by molar-refractivity contribution is 5.67. The zero-order chi connectivity index (χ0) is 11.4. The number of carbonyl (C=O) groups is 1. The van der Waals surface area contributed by atoms with Gasteiger partial charge in [-0.3, -0.25) is 4.79 Å². The third-order valence-electron chi connectivity index (χ3n) is 3.35. The zero-order valence-corrected chi connectivity index (χ0v) is 10.1. The van der Waals surface area contributed by atoms with Crippen LogP contribution in [0.3, 0.4) is 0 Å². The number of piperidine rings is 1. The normalized spacial score (nSPS) is 28.3. The maximum Gasteiger partial charge on any atom is 0.303 e. The summed E-state index contributed by atoms with van der Waals surface area (Å²) in [6.07, 6.45) is 3.67. The van der Waals surface area contributed by atoms with Gasteiger partial charge in [0.2, 0.25) is 0 Å². The Hall–Kier alpha value is -0.570. The van der Waals surface area contributed by atoms with Crippen molar-refractivity contribution in [1.82, 2.24) is 4.90 Å². The van der Waals surface area contributed by atoms with Crippen molar-refractivity contribution in [3.63, 3.8) is 0 Å². The lowest BCUT2D eigenvalue weighted by Gasteiger charge is -2.39. The molecule has 2 atom stereocenters.